The number of aromatic carboxylic acids is 1. The lowest BCUT2D eigenvalue weighted by atomic mass is 10.1. The Labute approximate surface area is 141 Å². The molecular formula is C13H9ClN5O4S-. The number of rotatable bonds is 4. The van der Waals surface area contributed by atoms with Gasteiger partial charge in [-0.25, -0.2) is 9.50 Å². The molecule has 3 aromatic rings. The summed E-state index contributed by atoms with van der Waals surface area (Å²) in [4.78, 5) is 18.8. The molecule has 0 atom stereocenters. The molecule has 0 spiro atoms. The maximum atomic E-state index is 12.5. The molecule has 3 rings (SSSR count). The van der Waals surface area contributed by atoms with Crippen LogP contribution in [0.3, 0.4) is 0 Å². The molecule has 0 radical (unpaired) electrons. The van der Waals surface area contributed by atoms with Gasteiger partial charge in [-0.1, -0.05) is 29.8 Å². The molecule has 24 heavy (non-hydrogen) atoms. The monoisotopic (exact) mass is 366 g/mol. The summed E-state index contributed by atoms with van der Waals surface area (Å²) in [5, 5.41) is 14.6. The SMILES string of the molecule is Cc1cccc(C(=O)[O-])c1NS(=O)(=O)c1nc2ncc(Cl)cn2n1. The summed E-state index contributed by atoms with van der Waals surface area (Å²) >= 11 is 5.76. The Balaban J connectivity index is 2.07. The highest BCUT2D eigenvalue weighted by atomic mass is 35.5. The number of carbonyl (C=O) groups is 1. The topological polar surface area (TPSA) is 129 Å². The Morgan fingerprint density at radius 2 is 2.12 bits per heavy atom. The van der Waals surface area contributed by atoms with Crippen LogP contribution in [0.5, 0.6) is 0 Å². The first kappa shape index (κ1) is 16.1. The smallest absolute Gasteiger partial charge is 0.299 e. The largest absolute Gasteiger partial charge is 0.545 e. The summed E-state index contributed by atoms with van der Waals surface area (Å²) in [7, 11) is -4.23. The molecule has 0 aliphatic rings. The van der Waals surface area contributed by atoms with Gasteiger partial charge in [0.1, 0.15) is 0 Å². The van der Waals surface area contributed by atoms with Gasteiger partial charge < -0.3 is 9.90 Å². The van der Waals surface area contributed by atoms with Crippen LogP contribution >= 0.6 is 11.6 Å². The molecular weight excluding hydrogens is 358 g/mol. The minimum Gasteiger partial charge on any atom is -0.545 e. The normalized spacial score (nSPS) is 11.6. The molecule has 2 heterocycles. The number of aryl methyl sites for hydroxylation is 1. The van der Waals surface area contributed by atoms with Crippen molar-refractivity contribution in [2.75, 3.05) is 4.72 Å². The quantitative estimate of drug-likeness (QED) is 0.700. The van der Waals surface area contributed by atoms with E-state index >= 15 is 0 Å². The zero-order valence-electron chi connectivity index (χ0n) is 12.1. The molecule has 1 N–H and O–H groups in total. The standard InChI is InChI=1S/C13H10ClN5O4S/c1-7-3-2-4-9(11(20)21)10(7)18-24(22,23)13-16-12-15-5-8(14)6-19(12)17-13/h2-6,18H,1H3,(H,20,21)/p-1. The van der Waals surface area contributed by atoms with E-state index in [9.17, 15) is 18.3 Å². The van der Waals surface area contributed by atoms with Crippen LogP contribution < -0.4 is 9.83 Å². The van der Waals surface area contributed by atoms with Crippen molar-refractivity contribution in [1.82, 2.24) is 19.6 Å². The number of nitrogens with zero attached hydrogens (tertiary/aromatic N) is 4. The van der Waals surface area contributed by atoms with Crippen LogP contribution in [0.2, 0.25) is 5.02 Å². The summed E-state index contributed by atoms with van der Waals surface area (Å²) < 4.78 is 28.2. The fourth-order valence-electron chi connectivity index (χ4n) is 2.01. The molecule has 0 saturated carbocycles. The number of fused-ring (bicyclic) bond motifs is 1. The van der Waals surface area contributed by atoms with Crippen LogP contribution in [0.15, 0.2) is 35.7 Å². The molecule has 9 nitrogen and oxygen atoms in total. The Kier molecular flexibility index (Phi) is 3.85. The third kappa shape index (κ3) is 2.88. The Hall–Kier alpha value is -2.72. The van der Waals surface area contributed by atoms with E-state index in [1.54, 1.807) is 13.0 Å². The van der Waals surface area contributed by atoms with Gasteiger partial charge in [0.15, 0.2) is 0 Å². The van der Waals surface area contributed by atoms with E-state index in [1.807, 2.05) is 0 Å². The zero-order chi connectivity index (χ0) is 17.5. The van der Waals surface area contributed by atoms with Gasteiger partial charge in [-0.3, -0.25) is 4.72 Å². The molecule has 1 aromatic carbocycles. The number of benzene rings is 1. The molecule has 0 fully saturated rings. The van der Waals surface area contributed by atoms with Crippen LogP contribution in [0.25, 0.3) is 5.78 Å². The molecule has 0 unspecified atom stereocenters. The van der Waals surface area contributed by atoms with Crippen LogP contribution in [0, 0.1) is 6.92 Å². The number of carboxylic acid groups (broad SMARTS) is 1. The van der Waals surface area contributed by atoms with Crippen molar-refractivity contribution in [2.24, 2.45) is 0 Å². The Bertz CT molecular complexity index is 1060. The second-order valence-corrected chi connectivity index (χ2v) is 6.81. The van der Waals surface area contributed by atoms with Gasteiger partial charge in [-0.2, -0.15) is 13.4 Å². The number of hydrogen-bond acceptors (Lipinski definition) is 7. The molecule has 124 valence electrons. The lowest BCUT2D eigenvalue weighted by molar-refractivity contribution is -0.254. The Morgan fingerprint density at radius 3 is 2.83 bits per heavy atom. The van der Waals surface area contributed by atoms with Gasteiger partial charge in [0, 0.05) is 5.56 Å². The van der Waals surface area contributed by atoms with E-state index in [2.05, 4.69) is 19.8 Å². The lowest BCUT2D eigenvalue weighted by Crippen LogP contribution is -2.25. The third-order valence-electron chi connectivity index (χ3n) is 3.11. The van der Waals surface area contributed by atoms with Crippen molar-refractivity contribution in [1.29, 1.82) is 0 Å². The van der Waals surface area contributed by atoms with Crippen LogP contribution in [0.4, 0.5) is 5.69 Å². The second-order valence-electron chi connectivity index (χ2n) is 4.80. The molecule has 0 amide bonds. The van der Waals surface area contributed by atoms with E-state index in [0.717, 1.165) is 4.52 Å². The van der Waals surface area contributed by atoms with E-state index < -0.39 is 21.1 Å². The predicted octanol–water partition coefficient (Wildman–Crippen LogP) is 0.250. The van der Waals surface area contributed by atoms with E-state index in [4.69, 9.17) is 11.6 Å². The van der Waals surface area contributed by atoms with Gasteiger partial charge in [0.05, 0.1) is 29.1 Å². The average Bonchev–Trinajstić information content (AvgIpc) is 2.92. The summed E-state index contributed by atoms with van der Waals surface area (Å²) in [6, 6.07) is 4.27. The van der Waals surface area contributed by atoms with Crippen LogP contribution in [-0.2, 0) is 10.0 Å². The average molecular weight is 367 g/mol. The molecule has 2 aromatic heterocycles. The summed E-state index contributed by atoms with van der Waals surface area (Å²) in [6.45, 7) is 1.56. The number of halogens is 1. The van der Waals surface area contributed by atoms with E-state index in [0.29, 0.717) is 5.56 Å². The molecule has 0 aliphatic heterocycles. The molecule has 11 heteroatoms. The molecule has 0 saturated heterocycles. The highest BCUT2D eigenvalue weighted by Gasteiger charge is 2.23. The van der Waals surface area contributed by atoms with Crippen molar-refractivity contribution in [3.8, 4) is 0 Å². The second kappa shape index (κ2) is 5.73. The van der Waals surface area contributed by atoms with Gasteiger partial charge >= 0.3 is 0 Å². The number of carboxylic acids is 1. The Morgan fingerprint density at radius 1 is 1.38 bits per heavy atom. The number of hydrogen-bond donors (Lipinski definition) is 1. The highest BCUT2D eigenvalue weighted by Crippen LogP contribution is 2.23. The van der Waals surface area contributed by atoms with Crippen molar-refractivity contribution in [2.45, 2.75) is 12.1 Å². The van der Waals surface area contributed by atoms with Crippen molar-refractivity contribution >= 4 is 39.1 Å². The maximum Gasteiger partial charge on any atom is 0.299 e. The van der Waals surface area contributed by atoms with Gasteiger partial charge in [0.25, 0.3) is 21.0 Å². The van der Waals surface area contributed by atoms with Crippen LogP contribution in [-0.4, -0.2) is 34.0 Å². The fourth-order valence-corrected chi connectivity index (χ4v) is 3.18. The number of para-hydroxylation sites is 1. The summed E-state index contributed by atoms with van der Waals surface area (Å²) in [5.41, 5.74) is 0.0102. The number of nitrogens with one attached hydrogen (secondary N) is 1. The predicted molar refractivity (Wildman–Crippen MR) is 82.1 cm³/mol. The fraction of sp³-hybridized carbons (Fsp3) is 0.0769. The number of carbonyl (C=O) groups excluding carboxylic acids is 1. The number of anilines is 1. The molecule has 0 aliphatic carbocycles. The third-order valence-corrected chi connectivity index (χ3v) is 4.43. The minimum absolute atomic E-state index is 0.0321. The van der Waals surface area contributed by atoms with Gasteiger partial charge in [-0.15, -0.1) is 5.10 Å². The maximum absolute atomic E-state index is 12.5. The van der Waals surface area contributed by atoms with Gasteiger partial charge in [-0.05, 0) is 12.5 Å². The summed E-state index contributed by atoms with van der Waals surface area (Å²) in [6.07, 6.45) is 2.64. The number of aromatic nitrogens is 4. The zero-order valence-corrected chi connectivity index (χ0v) is 13.7. The highest BCUT2D eigenvalue weighted by molar-refractivity contribution is 7.92. The van der Waals surface area contributed by atoms with Crippen molar-refractivity contribution in [3.63, 3.8) is 0 Å². The van der Waals surface area contributed by atoms with E-state index in [-0.39, 0.29) is 22.1 Å². The minimum atomic E-state index is -4.23. The first-order valence-corrected chi connectivity index (χ1v) is 8.36. The van der Waals surface area contributed by atoms with E-state index in [1.165, 1.54) is 24.5 Å². The summed E-state index contributed by atoms with van der Waals surface area (Å²) in [5.74, 6) is -1.47. The number of sulfonamides is 1. The molecule has 0 bridgehead atoms. The lowest BCUT2D eigenvalue weighted by Gasteiger charge is -2.14. The van der Waals surface area contributed by atoms with Crippen molar-refractivity contribution in [3.05, 3.63) is 46.7 Å². The van der Waals surface area contributed by atoms with Gasteiger partial charge in [0.2, 0.25) is 0 Å². The first-order valence-electron chi connectivity index (χ1n) is 6.49. The van der Waals surface area contributed by atoms with Crippen molar-refractivity contribution < 1.29 is 18.3 Å². The van der Waals surface area contributed by atoms with Crippen LogP contribution in [0.1, 0.15) is 15.9 Å². The first-order chi connectivity index (χ1) is 11.3.